The van der Waals surface area contributed by atoms with E-state index in [2.05, 4.69) is 149 Å². The molecule has 0 aliphatic carbocycles. The van der Waals surface area contributed by atoms with E-state index >= 15 is 0 Å². The molecule has 3 aromatic heterocycles. The van der Waals surface area contributed by atoms with Crippen LogP contribution in [0.15, 0.2) is 170 Å². The average molecular weight is 725 g/mol. The summed E-state index contributed by atoms with van der Waals surface area (Å²) in [6.07, 6.45) is 0. The summed E-state index contributed by atoms with van der Waals surface area (Å²) in [7, 11) is 0. The van der Waals surface area contributed by atoms with Gasteiger partial charge in [0.25, 0.3) is 0 Å². The zero-order valence-electron chi connectivity index (χ0n) is 30.3. The summed E-state index contributed by atoms with van der Waals surface area (Å²) in [5.41, 5.74) is 12.7. The lowest BCUT2D eigenvalue weighted by Gasteiger charge is -2.13. The van der Waals surface area contributed by atoms with Gasteiger partial charge in [-0.3, -0.25) is 0 Å². The van der Waals surface area contributed by atoms with Gasteiger partial charge < -0.3 is 13.7 Å². The summed E-state index contributed by atoms with van der Waals surface area (Å²) >= 11 is 0. The SMILES string of the molecule is N#Cc1ccc2c(c1)c1cc(C#N)ccc1n2-c1ccc(-c2ccc(-n3c4ccccc4c4ccc(-n5c6ccccc6c6ccccc65)cc43)cc2)cc1C#N. The van der Waals surface area contributed by atoms with E-state index in [0.717, 1.165) is 61.0 Å². The number of benzene rings is 8. The van der Waals surface area contributed by atoms with E-state index < -0.39 is 0 Å². The zero-order chi connectivity index (χ0) is 38.2. The second-order valence-electron chi connectivity index (χ2n) is 14.3. The van der Waals surface area contributed by atoms with Crippen molar-refractivity contribution in [3.63, 3.8) is 0 Å². The predicted molar refractivity (Wildman–Crippen MR) is 229 cm³/mol. The maximum absolute atomic E-state index is 10.5. The van der Waals surface area contributed by atoms with Gasteiger partial charge in [-0.2, -0.15) is 15.8 Å². The van der Waals surface area contributed by atoms with Gasteiger partial charge in [-0.1, -0.05) is 78.9 Å². The van der Waals surface area contributed by atoms with Crippen LogP contribution in [0, 0.1) is 34.0 Å². The van der Waals surface area contributed by atoms with Gasteiger partial charge in [-0.05, 0) is 102 Å². The molecule has 11 rings (SSSR count). The Bertz CT molecular complexity index is 3490. The van der Waals surface area contributed by atoms with E-state index in [0.29, 0.717) is 16.7 Å². The second kappa shape index (κ2) is 12.3. The van der Waals surface area contributed by atoms with Gasteiger partial charge in [-0.25, -0.2) is 0 Å². The maximum atomic E-state index is 10.5. The predicted octanol–water partition coefficient (Wildman–Crippen LogP) is 12.3. The first-order chi connectivity index (χ1) is 28.1. The van der Waals surface area contributed by atoms with Gasteiger partial charge in [-0.15, -0.1) is 0 Å². The van der Waals surface area contributed by atoms with Crippen molar-refractivity contribution in [1.82, 2.24) is 13.7 Å². The normalized spacial score (nSPS) is 11.5. The van der Waals surface area contributed by atoms with Crippen LogP contribution in [0.4, 0.5) is 0 Å². The molecule has 0 saturated heterocycles. The highest BCUT2D eigenvalue weighted by Crippen LogP contribution is 2.39. The lowest BCUT2D eigenvalue weighted by molar-refractivity contribution is 1.15. The van der Waals surface area contributed by atoms with Crippen LogP contribution >= 0.6 is 0 Å². The molecule has 262 valence electrons. The molecule has 0 bridgehead atoms. The van der Waals surface area contributed by atoms with E-state index in [9.17, 15) is 15.8 Å². The molecule has 0 fully saturated rings. The summed E-state index contributed by atoms with van der Waals surface area (Å²) < 4.78 is 6.75. The molecular formula is C51H28N6. The summed E-state index contributed by atoms with van der Waals surface area (Å²) in [6.45, 7) is 0. The molecule has 0 spiro atoms. The quantitative estimate of drug-likeness (QED) is 0.181. The molecule has 0 saturated carbocycles. The Kier molecular flexibility index (Phi) is 6.95. The molecule has 6 heteroatoms. The molecule has 8 aromatic carbocycles. The minimum atomic E-state index is 0.518. The number of fused-ring (bicyclic) bond motifs is 9. The highest BCUT2D eigenvalue weighted by atomic mass is 15.0. The molecule has 3 heterocycles. The largest absolute Gasteiger partial charge is 0.309 e. The van der Waals surface area contributed by atoms with E-state index in [1.54, 1.807) is 12.1 Å². The van der Waals surface area contributed by atoms with Crippen molar-refractivity contribution < 1.29 is 0 Å². The molecular weight excluding hydrogens is 697 g/mol. The molecule has 0 atom stereocenters. The third-order valence-electron chi connectivity index (χ3n) is 11.3. The highest BCUT2D eigenvalue weighted by Gasteiger charge is 2.19. The number of aromatic nitrogens is 3. The molecule has 11 aromatic rings. The monoisotopic (exact) mass is 724 g/mol. The first-order valence-electron chi connectivity index (χ1n) is 18.7. The van der Waals surface area contributed by atoms with Crippen LogP contribution in [0.1, 0.15) is 16.7 Å². The van der Waals surface area contributed by atoms with Crippen LogP contribution in [-0.4, -0.2) is 13.7 Å². The van der Waals surface area contributed by atoms with E-state index in [1.165, 1.54) is 32.6 Å². The van der Waals surface area contributed by atoms with Crippen LogP contribution in [0.2, 0.25) is 0 Å². The molecule has 0 unspecified atom stereocenters. The average Bonchev–Trinajstić information content (AvgIpc) is 3.91. The highest BCUT2D eigenvalue weighted by molar-refractivity contribution is 6.12. The van der Waals surface area contributed by atoms with Crippen LogP contribution in [0.3, 0.4) is 0 Å². The lowest BCUT2D eigenvalue weighted by atomic mass is 10.0. The Morgan fingerprint density at radius 3 is 1.33 bits per heavy atom. The van der Waals surface area contributed by atoms with Crippen LogP contribution < -0.4 is 0 Å². The van der Waals surface area contributed by atoms with Gasteiger partial charge in [0, 0.05) is 43.7 Å². The van der Waals surface area contributed by atoms with Crippen LogP contribution in [0.25, 0.3) is 93.6 Å². The lowest BCUT2D eigenvalue weighted by Crippen LogP contribution is -1.98. The van der Waals surface area contributed by atoms with Crippen molar-refractivity contribution in [3.8, 4) is 46.4 Å². The van der Waals surface area contributed by atoms with Crippen molar-refractivity contribution in [1.29, 1.82) is 15.8 Å². The molecule has 0 aliphatic rings. The van der Waals surface area contributed by atoms with Gasteiger partial charge in [0.1, 0.15) is 6.07 Å². The summed E-state index contributed by atoms with van der Waals surface area (Å²) in [6, 6.07) is 65.0. The summed E-state index contributed by atoms with van der Waals surface area (Å²) in [5, 5.41) is 36.3. The number of hydrogen-bond donors (Lipinski definition) is 0. The number of nitrogens with zero attached hydrogens (tertiary/aromatic N) is 6. The summed E-state index contributed by atoms with van der Waals surface area (Å²) in [4.78, 5) is 0. The number of para-hydroxylation sites is 3. The third kappa shape index (κ3) is 4.74. The molecule has 6 nitrogen and oxygen atoms in total. The second-order valence-corrected chi connectivity index (χ2v) is 14.3. The Morgan fingerprint density at radius 2 is 0.789 bits per heavy atom. The number of nitriles is 3. The van der Waals surface area contributed by atoms with E-state index in [-0.39, 0.29) is 0 Å². The van der Waals surface area contributed by atoms with E-state index in [4.69, 9.17) is 0 Å². The Labute approximate surface area is 326 Å². The zero-order valence-corrected chi connectivity index (χ0v) is 30.3. The fraction of sp³-hybridized carbons (Fsp3) is 0. The smallest absolute Gasteiger partial charge is 0.101 e. The van der Waals surface area contributed by atoms with Gasteiger partial charge in [0.05, 0.1) is 67.6 Å². The number of hydrogen-bond acceptors (Lipinski definition) is 3. The molecule has 0 aliphatic heterocycles. The van der Waals surface area contributed by atoms with Crippen molar-refractivity contribution in [2.45, 2.75) is 0 Å². The molecule has 0 N–H and O–H groups in total. The van der Waals surface area contributed by atoms with Gasteiger partial charge >= 0.3 is 0 Å². The van der Waals surface area contributed by atoms with Crippen molar-refractivity contribution in [2.75, 3.05) is 0 Å². The maximum Gasteiger partial charge on any atom is 0.101 e. The minimum Gasteiger partial charge on any atom is -0.309 e. The Morgan fingerprint density at radius 1 is 0.316 bits per heavy atom. The molecule has 57 heavy (non-hydrogen) atoms. The third-order valence-corrected chi connectivity index (χ3v) is 11.3. The van der Waals surface area contributed by atoms with Gasteiger partial charge in [0.2, 0.25) is 0 Å². The van der Waals surface area contributed by atoms with Crippen LogP contribution in [0.5, 0.6) is 0 Å². The van der Waals surface area contributed by atoms with Crippen molar-refractivity contribution in [2.24, 2.45) is 0 Å². The Balaban J connectivity index is 1.03. The van der Waals surface area contributed by atoms with Crippen molar-refractivity contribution in [3.05, 3.63) is 187 Å². The standard InChI is InChI=1S/C51H28N6/c52-29-32-13-22-49-43(25-32)44-26-33(30-53)14-23-50(44)57(49)45-24-17-35(27-36(45)31-54)34-15-18-37(19-16-34)55-46-10-4-3-9-41(46)42-21-20-38(28-51(42)55)56-47-11-5-1-7-39(47)40-8-2-6-12-48(40)56/h1-28H. The van der Waals surface area contributed by atoms with E-state index in [1.807, 2.05) is 41.0 Å². The summed E-state index contributed by atoms with van der Waals surface area (Å²) in [5.74, 6) is 0. The van der Waals surface area contributed by atoms with Crippen molar-refractivity contribution >= 4 is 65.4 Å². The first-order valence-corrected chi connectivity index (χ1v) is 18.7. The van der Waals surface area contributed by atoms with Crippen LogP contribution in [-0.2, 0) is 0 Å². The minimum absolute atomic E-state index is 0.518. The topological polar surface area (TPSA) is 86.2 Å². The number of rotatable bonds is 4. The molecule has 0 amide bonds. The first kappa shape index (κ1) is 32.1. The molecule has 0 radical (unpaired) electrons. The fourth-order valence-corrected chi connectivity index (χ4v) is 8.80. The Hall–Kier alpha value is -8.37. The fourth-order valence-electron chi connectivity index (χ4n) is 8.80. The van der Waals surface area contributed by atoms with Gasteiger partial charge in [0.15, 0.2) is 0 Å².